The van der Waals surface area contributed by atoms with E-state index in [0.29, 0.717) is 39.9 Å². The predicted octanol–water partition coefficient (Wildman–Crippen LogP) is 4.05. The summed E-state index contributed by atoms with van der Waals surface area (Å²) in [5, 5.41) is 18.3. The molecule has 0 bridgehead atoms. The van der Waals surface area contributed by atoms with Gasteiger partial charge in [-0.05, 0) is 55.9 Å². The molecule has 3 heterocycles. The third-order valence-electron chi connectivity index (χ3n) is 10.1. The lowest BCUT2D eigenvalue weighted by atomic mass is 9.85. The van der Waals surface area contributed by atoms with E-state index in [2.05, 4.69) is 31.9 Å². The van der Waals surface area contributed by atoms with Gasteiger partial charge in [-0.25, -0.2) is 18.4 Å². The molecule has 3 N–H and O–H groups in total. The molecule has 6 rings (SSSR count). The van der Waals surface area contributed by atoms with Crippen molar-refractivity contribution in [2.24, 2.45) is 11.3 Å². The monoisotopic (exact) mass is 783 g/mol. The Balaban J connectivity index is 1.33. The number of amides is 3. The van der Waals surface area contributed by atoms with Gasteiger partial charge < -0.3 is 25.0 Å². The summed E-state index contributed by atoms with van der Waals surface area (Å²) in [6.45, 7) is 10.7. The zero-order valence-corrected chi connectivity index (χ0v) is 32.0. The van der Waals surface area contributed by atoms with E-state index in [9.17, 15) is 32.9 Å². The minimum atomic E-state index is -3.92. The van der Waals surface area contributed by atoms with Gasteiger partial charge in [0.05, 0.1) is 30.0 Å². The number of hydrogen-bond acceptors (Lipinski definition) is 12. The number of methoxy groups -OCH3 is 1. The van der Waals surface area contributed by atoms with E-state index in [1.54, 1.807) is 25.1 Å². The maximum atomic E-state index is 14.7. The molecule has 288 valence electrons. The van der Waals surface area contributed by atoms with E-state index in [0.717, 1.165) is 6.20 Å². The Morgan fingerprint density at radius 2 is 1.89 bits per heavy atom. The lowest BCUT2D eigenvalue weighted by Crippen LogP contribution is -2.58. The molecule has 0 spiro atoms. The van der Waals surface area contributed by atoms with Gasteiger partial charge in [0.15, 0.2) is 0 Å². The quantitative estimate of drug-likeness (QED) is 0.127. The van der Waals surface area contributed by atoms with E-state index < -0.39 is 73.0 Å². The number of likely N-dealkylation sites (tertiary alicyclic amines) is 1. The fourth-order valence-corrected chi connectivity index (χ4v) is 8.29. The number of halogens is 1. The molecular formula is C36H42ClN7O9S. The molecule has 1 aliphatic heterocycles. The van der Waals surface area contributed by atoms with E-state index in [1.807, 2.05) is 20.8 Å². The van der Waals surface area contributed by atoms with E-state index >= 15 is 0 Å². The molecule has 0 radical (unpaired) electrons. The molecule has 3 fully saturated rings. The number of benzene rings is 1. The first-order valence-electron chi connectivity index (χ1n) is 17.4. The molecule has 54 heavy (non-hydrogen) atoms. The Bertz CT molecular complexity index is 2160. The third-order valence-corrected chi connectivity index (χ3v) is 12.1. The number of fused-ring (bicyclic) bond motifs is 1. The zero-order chi connectivity index (χ0) is 39.3. The molecular weight excluding hydrogens is 742 g/mol. The van der Waals surface area contributed by atoms with Gasteiger partial charge in [-0.15, -0.1) is 6.58 Å². The molecule has 3 aromatic rings. The van der Waals surface area contributed by atoms with Crippen LogP contribution < -0.4 is 24.8 Å². The van der Waals surface area contributed by atoms with Gasteiger partial charge in [-0.3, -0.25) is 29.2 Å². The Hall–Kier alpha value is -5.03. The smallest absolute Gasteiger partial charge is 0.290 e. The van der Waals surface area contributed by atoms with Crippen molar-refractivity contribution in [2.75, 3.05) is 19.0 Å². The molecule has 2 saturated carbocycles. The number of hydrogen-bond donors (Lipinski definition) is 3. The van der Waals surface area contributed by atoms with Crippen LogP contribution in [0, 0.1) is 28.4 Å². The van der Waals surface area contributed by atoms with Crippen molar-refractivity contribution < 1.29 is 37.2 Å². The summed E-state index contributed by atoms with van der Waals surface area (Å²) in [6, 6.07) is 4.42. The number of rotatable bonds is 13. The maximum absolute atomic E-state index is 14.7. The normalized spacial score (nSPS) is 22.9. The highest BCUT2D eigenvalue weighted by Crippen LogP contribution is 2.46. The van der Waals surface area contributed by atoms with Crippen LogP contribution in [0.5, 0.6) is 11.6 Å². The second kappa shape index (κ2) is 14.3. The van der Waals surface area contributed by atoms with Gasteiger partial charge in [-0.2, -0.15) is 0 Å². The molecule has 1 aromatic carbocycles. The van der Waals surface area contributed by atoms with Crippen LogP contribution in [0.4, 0.5) is 11.5 Å². The van der Waals surface area contributed by atoms with Gasteiger partial charge in [-0.1, -0.05) is 38.4 Å². The number of nitro groups is 1. The van der Waals surface area contributed by atoms with Gasteiger partial charge in [0.1, 0.15) is 41.5 Å². The van der Waals surface area contributed by atoms with Crippen molar-refractivity contribution in [3.63, 3.8) is 0 Å². The Labute approximate surface area is 317 Å². The minimum absolute atomic E-state index is 0.0179. The van der Waals surface area contributed by atoms with Crippen LogP contribution in [-0.2, 0) is 24.4 Å². The van der Waals surface area contributed by atoms with Gasteiger partial charge >= 0.3 is 0 Å². The fraction of sp³-hybridized carbons (Fsp3) is 0.472. The number of carbonyl (C=O) groups excluding carboxylic acids is 3. The molecule has 0 unspecified atom stereocenters. The number of nitrogens with zero attached hydrogens (tertiary/aromatic N) is 4. The van der Waals surface area contributed by atoms with Crippen molar-refractivity contribution >= 4 is 61.6 Å². The average molecular weight is 784 g/mol. The fourth-order valence-electron chi connectivity index (χ4n) is 6.75. The molecule has 3 aliphatic rings. The maximum Gasteiger partial charge on any atom is 0.290 e. The summed E-state index contributed by atoms with van der Waals surface area (Å²) in [5.41, 5.74) is -2.21. The zero-order valence-electron chi connectivity index (χ0n) is 30.4. The van der Waals surface area contributed by atoms with Gasteiger partial charge in [0.2, 0.25) is 27.7 Å². The van der Waals surface area contributed by atoms with Crippen LogP contribution in [0.1, 0.15) is 52.0 Å². The largest absolute Gasteiger partial charge is 0.494 e. The van der Waals surface area contributed by atoms with Crippen LogP contribution in [0.15, 0.2) is 49.3 Å². The standard InChI is InChI=1S/C36H42ClN7O9S/c1-7-20-15-36(20,34(47)42-54(50,51)23-9-10-23)41-31(45)26-14-22(53-32-25-13-21(37)8-11-24(25)28(52-6)17-39-32)18-43(26)33(46)30(35(3,4)5)40-29-12-19(2)27(16-38-29)44(48)49/h7-8,11-13,16-17,20,22-23,26,30H,1,9-10,14-15,18H2,2-6H3,(H,38,40)(H,41,45)(H,42,47)/t20-,22-,26+,30-,36-/m1/s1. The summed E-state index contributed by atoms with van der Waals surface area (Å²) in [6.07, 6.45) is 4.29. The summed E-state index contributed by atoms with van der Waals surface area (Å²) in [5.74, 6) is -1.72. The summed E-state index contributed by atoms with van der Waals surface area (Å²) >= 11 is 6.33. The van der Waals surface area contributed by atoms with Crippen molar-refractivity contribution in [2.45, 2.75) is 82.4 Å². The van der Waals surface area contributed by atoms with Crippen LogP contribution in [0.2, 0.25) is 5.02 Å². The second-order valence-electron chi connectivity index (χ2n) is 15.0. The number of nitrogens with one attached hydrogen (secondary N) is 3. The molecule has 18 heteroatoms. The highest BCUT2D eigenvalue weighted by molar-refractivity contribution is 7.91. The molecule has 16 nitrogen and oxygen atoms in total. The van der Waals surface area contributed by atoms with Crippen LogP contribution in [0.3, 0.4) is 0 Å². The number of anilines is 1. The lowest BCUT2D eigenvalue weighted by molar-refractivity contribution is -0.385. The second-order valence-corrected chi connectivity index (χ2v) is 17.4. The number of carbonyl (C=O) groups is 3. The first kappa shape index (κ1) is 38.7. The van der Waals surface area contributed by atoms with Crippen molar-refractivity contribution in [1.82, 2.24) is 24.9 Å². The van der Waals surface area contributed by atoms with Crippen LogP contribution in [-0.4, -0.2) is 88.6 Å². The molecule has 3 amide bonds. The van der Waals surface area contributed by atoms with E-state index in [-0.39, 0.29) is 36.8 Å². The number of aryl methyl sites for hydroxylation is 1. The topological polar surface area (TPSA) is 212 Å². The van der Waals surface area contributed by atoms with Crippen molar-refractivity contribution in [3.05, 3.63) is 70.0 Å². The van der Waals surface area contributed by atoms with E-state index in [1.165, 1.54) is 30.3 Å². The first-order valence-corrected chi connectivity index (χ1v) is 19.3. The predicted molar refractivity (Wildman–Crippen MR) is 200 cm³/mol. The van der Waals surface area contributed by atoms with Crippen LogP contribution >= 0.6 is 11.6 Å². The van der Waals surface area contributed by atoms with E-state index in [4.69, 9.17) is 21.1 Å². The highest BCUT2D eigenvalue weighted by Gasteiger charge is 2.62. The summed E-state index contributed by atoms with van der Waals surface area (Å²) < 4.78 is 39.4. The number of sulfonamides is 1. The van der Waals surface area contributed by atoms with Crippen molar-refractivity contribution in [1.29, 1.82) is 0 Å². The van der Waals surface area contributed by atoms with Gasteiger partial charge in [0, 0.05) is 33.7 Å². The lowest BCUT2D eigenvalue weighted by Gasteiger charge is -2.36. The van der Waals surface area contributed by atoms with Crippen LogP contribution in [0.25, 0.3) is 10.8 Å². The number of aromatic nitrogens is 2. The molecule has 5 atom stereocenters. The molecule has 1 saturated heterocycles. The third kappa shape index (κ3) is 7.64. The van der Waals surface area contributed by atoms with Crippen molar-refractivity contribution in [3.8, 4) is 11.6 Å². The number of ether oxygens (including phenoxy) is 2. The Kier molecular flexibility index (Phi) is 10.3. The SMILES string of the molecule is C=C[C@@H]1C[C@]1(NC(=O)[C@@H]1C[C@@H](Oc2ncc(OC)c3ccc(Cl)cc23)CN1C(=O)[C@@H](Nc1cc(C)c([N+](=O)[O-])cn1)C(C)(C)C)C(=O)NS(=O)(=O)C1CC1. The summed E-state index contributed by atoms with van der Waals surface area (Å²) in [7, 11) is -2.42. The molecule has 2 aliphatic carbocycles. The minimum Gasteiger partial charge on any atom is -0.494 e. The molecule has 2 aromatic heterocycles. The van der Waals surface area contributed by atoms with Gasteiger partial charge in [0.25, 0.3) is 11.6 Å². The number of pyridine rings is 2. The highest BCUT2D eigenvalue weighted by atomic mass is 35.5. The Morgan fingerprint density at radius 3 is 2.48 bits per heavy atom. The average Bonchev–Trinajstić information content (AvgIpc) is 4.03. The Morgan fingerprint density at radius 1 is 1.17 bits per heavy atom. The summed E-state index contributed by atoms with van der Waals surface area (Å²) in [4.78, 5) is 63.4. The first-order chi connectivity index (χ1) is 25.4.